The summed E-state index contributed by atoms with van der Waals surface area (Å²) in [5.74, 6) is -0.409. The zero-order valence-electron chi connectivity index (χ0n) is 21.4. The summed E-state index contributed by atoms with van der Waals surface area (Å²) in [7, 11) is 0. The van der Waals surface area contributed by atoms with E-state index in [-0.39, 0.29) is 30.6 Å². The standard InChI is InChI=1S/C31H34N2O5/c34-29(20-25-15-17-33(18-16-25)30(35)21-23-7-3-1-4-8-23)32-28(31(36)37)19-24-11-13-27(14-12-24)38-22-26-9-5-2-6-10-26/h1-14,25,28H,15-22H2,(H,32,34)(H,36,37)/t28-/m0/s1. The summed E-state index contributed by atoms with van der Waals surface area (Å²) in [6.07, 6.45) is 2.29. The van der Waals surface area contributed by atoms with E-state index < -0.39 is 12.0 Å². The zero-order chi connectivity index (χ0) is 26.7. The van der Waals surface area contributed by atoms with E-state index in [4.69, 9.17) is 4.74 Å². The lowest BCUT2D eigenvalue weighted by Gasteiger charge is -2.32. The first-order chi connectivity index (χ1) is 18.5. The number of carbonyl (C=O) groups excluding carboxylic acids is 2. The van der Waals surface area contributed by atoms with E-state index in [1.165, 1.54) is 0 Å². The first kappa shape index (κ1) is 26.9. The number of carbonyl (C=O) groups is 3. The van der Waals surface area contributed by atoms with Crippen LogP contribution < -0.4 is 10.1 Å². The van der Waals surface area contributed by atoms with Gasteiger partial charge in [0.05, 0.1) is 6.42 Å². The van der Waals surface area contributed by atoms with Crippen LogP contribution in [0.1, 0.15) is 36.0 Å². The van der Waals surface area contributed by atoms with Gasteiger partial charge in [-0.2, -0.15) is 0 Å². The summed E-state index contributed by atoms with van der Waals surface area (Å²) in [5, 5.41) is 12.4. The van der Waals surface area contributed by atoms with Crippen LogP contribution in [0, 0.1) is 5.92 Å². The van der Waals surface area contributed by atoms with Crippen LogP contribution in [0.25, 0.3) is 0 Å². The average molecular weight is 515 g/mol. The molecule has 0 aromatic heterocycles. The SMILES string of the molecule is O=C(CC1CCN(C(=O)Cc2ccccc2)CC1)N[C@@H](Cc1ccc(OCc2ccccc2)cc1)C(=O)O. The molecule has 0 aliphatic carbocycles. The predicted octanol–water partition coefficient (Wildman–Crippen LogP) is 4.25. The Labute approximate surface area is 223 Å². The number of aliphatic carboxylic acids is 1. The summed E-state index contributed by atoms with van der Waals surface area (Å²) in [4.78, 5) is 39.0. The number of nitrogens with one attached hydrogen (secondary N) is 1. The van der Waals surface area contributed by atoms with E-state index in [9.17, 15) is 19.5 Å². The molecule has 38 heavy (non-hydrogen) atoms. The topological polar surface area (TPSA) is 95.9 Å². The fourth-order valence-corrected chi connectivity index (χ4v) is 4.68. The highest BCUT2D eigenvalue weighted by Gasteiger charge is 2.26. The van der Waals surface area contributed by atoms with E-state index in [1.807, 2.05) is 89.8 Å². The maximum Gasteiger partial charge on any atom is 0.326 e. The molecule has 3 aromatic carbocycles. The molecule has 2 amide bonds. The maximum absolute atomic E-state index is 12.7. The van der Waals surface area contributed by atoms with Gasteiger partial charge < -0.3 is 20.1 Å². The van der Waals surface area contributed by atoms with Crippen molar-refractivity contribution in [3.63, 3.8) is 0 Å². The summed E-state index contributed by atoms with van der Waals surface area (Å²) < 4.78 is 5.79. The molecule has 1 heterocycles. The number of piperidine rings is 1. The summed E-state index contributed by atoms with van der Waals surface area (Å²) in [5.41, 5.74) is 2.86. The number of carboxylic acids is 1. The summed E-state index contributed by atoms with van der Waals surface area (Å²) in [6, 6.07) is 25.8. The molecular formula is C31H34N2O5. The molecule has 4 rings (SSSR count). The third kappa shape index (κ3) is 8.20. The van der Waals surface area contributed by atoms with E-state index in [0.717, 1.165) is 29.5 Å². The van der Waals surface area contributed by atoms with Gasteiger partial charge in [0.15, 0.2) is 0 Å². The fourth-order valence-electron chi connectivity index (χ4n) is 4.68. The molecule has 1 aliphatic rings. The van der Waals surface area contributed by atoms with Gasteiger partial charge in [-0.25, -0.2) is 4.79 Å². The van der Waals surface area contributed by atoms with Crippen molar-refractivity contribution in [2.24, 2.45) is 5.92 Å². The van der Waals surface area contributed by atoms with Crippen LogP contribution >= 0.6 is 0 Å². The highest BCUT2D eigenvalue weighted by molar-refractivity contribution is 5.84. The Hall–Kier alpha value is -4.13. The zero-order valence-corrected chi connectivity index (χ0v) is 21.4. The van der Waals surface area contributed by atoms with Crippen molar-refractivity contribution in [2.75, 3.05) is 13.1 Å². The Balaban J connectivity index is 1.20. The Kier molecular flexibility index (Phi) is 9.51. The third-order valence-corrected chi connectivity index (χ3v) is 6.88. The lowest BCUT2D eigenvalue weighted by molar-refractivity contribution is -0.142. The van der Waals surface area contributed by atoms with Crippen molar-refractivity contribution in [1.82, 2.24) is 10.2 Å². The monoisotopic (exact) mass is 514 g/mol. The maximum atomic E-state index is 12.7. The van der Waals surface area contributed by atoms with E-state index in [2.05, 4.69) is 5.32 Å². The van der Waals surface area contributed by atoms with Crippen LogP contribution in [-0.2, 0) is 33.8 Å². The molecular weight excluding hydrogens is 480 g/mol. The largest absolute Gasteiger partial charge is 0.489 e. The van der Waals surface area contributed by atoms with Gasteiger partial charge in [0.1, 0.15) is 18.4 Å². The van der Waals surface area contributed by atoms with E-state index in [1.54, 1.807) is 0 Å². The molecule has 7 nitrogen and oxygen atoms in total. The molecule has 0 radical (unpaired) electrons. The van der Waals surface area contributed by atoms with Crippen LogP contribution in [-0.4, -0.2) is 46.9 Å². The van der Waals surface area contributed by atoms with Crippen LogP contribution in [0.3, 0.4) is 0 Å². The molecule has 1 saturated heterocycles. The van der Waals surface area contributed by atoms with Crippen LogP contribution in [0.5, 0.6) is 5.75 Å². The summed E-state index contributed by atoms with van der Waals surface area (Å²) in [6.45, 7) is 1.68. The summed E-state index contributed by atoms with van der Waals surface area (Å²) >= 11 is 0. The second-order valence-corrected chi connectivity index (χ2v) is 9.77. The van der Waals surface area contributed by atoms with Crippen LogP contribution in [0.2, 0.25) is 0 Å². The number of amides is 2. The number of carboxylic acid groups (broad SMARTS) is 1. The quantitative estimate of drug-likeness (QED) is 0.399. The number of nitrogens with zero attached hydrogens (tertiary/aromatic N) is 1. The second-order valence-electron chi connectivity index (χ2n) is 9.77. The lowest BCUT2D eigenvalue weighted by Crippen LogP contribution is -2.44. The van der Waals surface area contributed by atoms with Gasteiger partial charge in [0, 0.05) is 25.9 Å². The molecule has 7 heteroatoms. The van der Waals surface area contributed by atoms with Crippen LogP contribution in [0.15, 0.2) is 84.9 Å². The van der Waals surface area contributed by atoms with Gasteiger partial charge in [-0.1, -0.05) is 72.8 Å². The molecule has 1 atom stereocenters. The minimum Gasteiger partial charge on any atom is -0.489 e. The van der Waals surface area contributed by atoms with Crippen molar-refractivity contribution < 1.29 is 24.2 Å². The minimum absolute atomic E-state index is 0.0986. The van der Waals surface area contributed by atoms with Crippen molar-refractivity contribution >= 4 is 17.8 Å². The molecule has 1 fully saturated rings. The van der Waals surface area contributed by atoms with Gasteiger partial charge in [-0.05, 0) is 47.6 Å². The van der Waals surface area contributed by atoms with Crippen LogP contribution in [0.4, 0.5) is 0 Å². The number of ether oxygens (including phenoxy) is 1. The molecule has 1 aliphatic heterocycles. The fraction of sp³-hybridized carbons (Fsp3) is 0.323. The molecule has 0 bridgehead atoms. The highest BCUT2D eigenvalue weighted by atomic mass is 16.5. The van der Waals surface area contributed by atoms with Gasteiger partial charge in [-0.3, -0.25) is 9.59 Å². The molecule has 0 spiro atoms. The number of hydrogen-bond donors (Lipinski definition) is 2. The van der Waals surface area contributed by atoms with E-state index >= 15 is 0 Å². The molecule has 2 N–H and O–H groups in total. The van der Waals surface area contributed by atoms with Gasteiger partial charge in [0.2, 0.25) is 11.8 Å². The minimum atomic E-state index is -1.07. The van der Waals surface area contributed by atoms with Gasteiger partial charge in [0.25, 0.3) is 0 Å². The Morgan fingerprint density at radius 1 is 0.842 bits per heavy atom. The van der Waals surface area contributed by atoms with Crippen molar-refractivity contribution in [2.45, 2.75) is 44.8 Å². The third-order valence-electron chi connectivity index (χ3n) is 6.88. The number of benzene rings is 3. The normalized spacial score (nSPS) is 14.5. The van der Waals surface area contributed by atoms with Gasteiger partial charge in [-0.15, -0.1) is 0 Å². The Morgan fingerprint density at radius 2 is 1.45 bits per heavy atom. The Morgan fingerprint density at radius 3 is 2.05 bits per heavy atom. The van der Waals surface area contributed by atoms with Crippen molar-refractivity contribution in [3.8, 4) is 5.75 Å². The average Bonchev–Trinajstić information content (AvgIpc) is 2.93. The number of hydrogen-bond acceptors (Lipinski definition) is 4. The molecule has 0 saturated carbocycles. The smallest absolute Gasteiger partial charge is 0.326 e. The first-order valence-electron chi connectivity index (χ1n) is 13.1. The lowest BCUT2D eigenvalue weighted by atomic mass is 9.92. The second kappa shape index (κ2) is 13.4. The highest BCUT2D eigenvalue weighted by Crippen LogP contribution is 2.22. The molecule has 3 aromatic rings. The van der Waals surface area contributed by atoms with Crippen molar-refractivity contribution in [1.29, 1.82) is 0 Å². The first-order valence-corrected chi connectivity index (χ1v) is 13.1. The van der Waals surface area contributed by atoms with Gasteiger partial charge >= 0.3 is 5.97 Å². The number of rotatable bonds is 11. The van der Waals surface area contributed by atoms with E-state index in [0.29, 0.717) is 31.9 Å². The Bertz CT molecular complexity index is 1190. The van der Waals surface area contributed by atoms with Crippen molar-refractivity contribution in [3.05, 3.63) is 102 Å². The molecule has 198 valence electrons. The number of likely N-dealkylation sites (tertiary alicyclic amines) is 1. The molecule has 0 unspecified atom stereocenters. The predicted molar refractivity (Wildman–Crippen MR) is 145 cm³/mol.